The van der Waals surface area contributed by atoms with Crippen molar-refractivity contribution in [2.75, 3.05) is 13.7 Å². The van der Waals surface area contributed by atoms with Crippen molar-refractivity contribution in [1.82, 2.24) is 10.6 Å². The van der Waals surface area contributed by atoms with Crippen LogP contribution in [0.15, 0.2) is 0 Å². The van der Waals surface area contributed by atoms with E-state index in [2.05, 4.69) is 15.4 Å². The van der Waals surface area contributed by atoms with Crippen molar-refractivity contribution in [3.63, 3.8) is 0 Å². The number of methoxy groups -OCH3 is 1. The number of hydrogen-bond acceptors (Lipinski definition) is 8. The molecule has 0 fully saturated rings. The molecule has 0 rings (SSSR count). The molecule has 0 aromatic carbocycles. The number of carbonyl (C=O) groups excluding carboxylic acids is 5. The quantitative estimate of drug-likeness (QED) is 0.221. The number of alkyl carbamates (subject to hydrolysis) is 1. The molecule has 0 saturated carbocycles. The fourth-order valence-corrected chi connectivity index (χ4v) is 2.18. The highest BCUT2D eigenvalue weighted by atomic mass is 16.6. The molecule has 0 aliphatic rings. The fraction of sp³-hybridized carbons (Fsp3) is 0.737. The van der Waals surface area contributed by atoms with Gasteiger partial charge in [-0.2, -0.15) is 0 Å². The van der Waals surface area contributed by atoms with E-state index in [1.54, 1.807) is 20.8 Å². The summed E-state index contributed by atoms with van der Waals surface area (Å²) >= 11 is 0. The smallest absolute Gasteiger partial charge is 0.408 e. The molecule has 0 radical (unpaired) electrons. The second-order valence-corrected chi connectivity index (χ2v) is 7.41. The third-order valence-electron chi connectivity index (χ3n) is 3.68. The Morgan fingerprint density at radius 1 is 1.07 bits per heavy atom. The molecule has 10 nitrogen and oxygen atoms in total. The van der Waals surface area contributed by atoms with Gasteiger partial charge in [-0.05, 0) is 34.1 Å². The average molecular weight is 416 g/mol. The molecule has 29 heavy (non-hydrogen) atoms. The van der Waals surface area contributed by atoms with E-state index in [-0.39, 0.29) is 13.0 Å². The van der Waals surface area contributed by atoms with Gasteiger partial charge >= 0.3 is 18.0 Å². The van der Waals surface area contributed by atoms with Crippen molar-refractivity contribution in [1.29, 1.82) is 0 Å². The Hall–Kier alpha value is -2.65. The summed E-state index contributed by atoms with van der Waals surface area (Å²) in [5.41, 5.74) is -0.758. The van der Waals surface area contributed by atoms with Crippen LogP contribution in [0.3, 0.4) is 0 Å². The minimum atomic E-state index is -1.45. The first-order chi connectivity index (χ1) is 13.5. The third-order valence-corrected chi connectivity index (χ3v) is 3.68. The SMILES string of the molecule is CCCCOC(=O)[C@H](CC=O)[C@H](NC(=O)[C@@H](C)NC(=O)OC(C)(C)C)C(=O)OC. The Bertz CT molecular complexity index is 585. The van der Waals surface area contributed by atoms with Crippen molar-refractivity contribution in [2.45, 2.75) is 71.6 Å². The third kappa shape index (κ3) is 10.5. The molecule has 0 heterocycles. The molecule has 2 N–H and O–H groups in total. The number of carbonyl (C=O) groups is 5. The summed E-state index contributed by atoms with van der Waals surface area (Å²) in [6.07, 6.45) is 0.690. The maximum absolute atomic E-state index is 12.4. The molecule has 0 aliphatic carbocycles. The topological polar surface area (TPSA) is 137 Å². The molecule has 10 heteroatoms. The zero-order valence-corrected chi connectivity index (χ0v) is 17.9. The maximum Gasteiger partial charge on any atom is 0.408 e. The van der Waals surface area contributed by atoms with Gasteiger partial charge < -0.3 is 29.6 Å². The summed E-state index contributed by atoms with van der Waals surface area (Å²) in [4.78, 5) is 59.8. The van der Waals surface area contributed by atoms with Crippen molar-refractivity contribution in [3.8, 4) is 0 Å². The van der Waals surface area contributed by atoms with E-state index in [9.17, 15) is 24.0 Å². The van der Waals surface area contributed by atoms with Crippen LogP contribution in [0.1, 0.15) is 53.9 Å². The fourth-order valence-electron chi connectivity index (χ4n) is 2.18. The Labute approximate surface area is 171 Å². The molecule has 0 aliphatic heterocycles. The second-order valence-electron chi connectivity index (χ2n) is 7.41. The molecule has 0 saturated heterocycles. The number of amides is 2. The lowest BCUT2D eigenvalue weighted by Gasteiger charge is -2.25. The van der Waals surface area contributed by atoms with Gasteiger partial charge in [0, 0.05) is 6.42 Å². The Morgan fingerprint density at radius 2 is 1.69 bits per heavy atom. The summed E-state index contributed by atoms with van der Waals surface area (Å²) in [6.45, 7) is 8.41. The van der Waals surface area contributed by atoms with E-state index < -0.39 is 47.5 Å². The summed E-state index contributed by atoms with van der Waals surface area (Å²) < 4.78 is 14.8. The van der Waals surface area contributed by atoms with Crippen LogP contribution in [0.2, 0.25) is 0 Å². The van der Waals surface area contributed by atoms with Gasteiger partial charge in [0.05, 0.1) is 19.6 Å². The van der Waals surface area contributed by atoms with Gasteiger partial charge in [0.1, 0.15) is 24.0 Å². The zero-order valence-electron chi connectivity index (χ0n) is 17.9. The molecule has 166 valence electrons. The number of esters is 2. The minimum absolute atomic E-state index is 0.128. The van der Waals surface area contributed by atoms with E-state index in [1.807, 2.05) is 6.92 Å². The van der Waals surface area contributed by atoms with Crippen LogP contribution in [0.5, 0.6) is 0 Å². The first-order valence-electron chi connectivity index (χ1n) is 9.44. The number of rotatable bonds is 11. The number of unbranched alkanes of at least 4 members (excludes halogenated alkanes) is 1. The van der Waals surface area contributed by atoms with Gasteiger partial charge in [0.15, 0.2) is 0 Å². The van der Waals surface area contributed by atoms with Crippen LogP contribution in [0.25, 0.3) is 0 Å². The molecule has 0 unspecified atom stereocenters. The number of aldehydes is 1. The highest BCUT2D eigenvalue weighted by Crippen LogP contribution is 2.14. The van der Waals surface area contributed by atoms with Gasteiger partial charge in [-0.25, -0.2) is 9.59 Å². The maximum atomic E-state index is 12.4. The van der Waals surface area contributed by atoms with Gasteiger partial charge in [0.25, 0.3) is 0 Å². The van der Waals surface area contributed by atoms with Crippen molar-refractivity contribution < 1.29 is 38.2 Å². The summed E-state index contributed by atoms with van der Waals surface area (Å²) in [7, 11) is 1.09. The van der Waals surface area contributed by atoms with Crippen LogP contribution in [-0.2, 0) is 33.4 Å². The lowest BCUT2D eigenvalue weighted by Crippen LogP contribution is -2.55. The Morgan fingerprint density at radius 3 is 2.17 bits per heavy atom. The van der Waals surface area contributed by atoms with Crippen LogP contribution in [0, 0.1) is 5.92 Å². The molecule has 3 atom stereocenters. The van der Waals surface area contributed by atoms with Crippen LogP contribution >= 0.6 is 0 Å². The van der Waals surface area contributed by atoms with Gasteiger partial charge in [-0.3, -0.25) is 9.59 Å². The average Bonchev–Trinajstić information content (AvgIpc) is 2.62. The standard InChI is InChI=1S/C19H32N2O8/c1-7-8-11-28-16(24)13(9-10-22)14(17(25)27-6)21-15(23)12(2)20-18(26)29-19(3,4)5/h10,12-14H,7-9,11H2,1-6H3,(H,20,26)(H,21,23)/t12-,13-,14+/m1/s1. The van der Waals surface area contributed by atoms with E-state index >= 15 is 0 Å². The zero-order chi connectivity index (χ0) is 22.6. The predicted molar refractivity (Wildman–Crippen MR) is 103 cm³/mol. The predicted octanol–water partition coefficient (Wildman–Crippen LogP) is 1.11. The summed E-state index contributed by atoms with van der Waals surface area (Å²) in [5.74, 6) is -3.73. The molecular weight excluding hydrogens is 384 g/mol. The highest BCUT2D eigenvalue weighted by Gasteiger charge is 2.37. The van der Waals surface area contributed by atoms with Gasteiger partial charge in [-0.1, -0.05) is 13.3 Å². The largest absolute Gasteiger partial charge is 0.467 e. The van der Waals surface area contributed by atoms with Crippen LogP contribution in [-0.4, -0.2) is 61.6 Å². The molecule has 0 bridgehead atoms. The van der Waals surface area contributed by atoms with Crippen molar-refractivity contribution in [2.24, 2.45) is 5.92 Å². The Kier molecular flexibility index (Phi) is 11.6. The summed E-state index contributed by atoms with van der Waals surface area (Å²) in [5, 5.41) is 4.68. The summed E-state index contributed by atoms with van der Waals surface area (Å²) in [6, 6.07) is -2.53. The van der Waals surface area contributed by atoms with Crippen molar-refractivity contribution in [3.05, 3.63) is 0 Å². The van der Waals surface area contributed by atoms with E-state index in [0.29, 0.717) is 12.7 Å². The minimum Gasteiger partial charge on any atom is -0.467 e. The van der Waals surface area contributed by atoms with Gasteiger partial charge in [0.2, 0.25) is 5.91 Å². The monoisotopic (exact) mass is 416 g/mol. The molecule has 0 aromatic rings. The van der Waals surface area contributed by atoms with Crippen molar-refractivity contribution >= 4 is 30.2 Å². The first kappa shape index (κ1) is 26.4. The molecular formula is C19H32N2O8. The lowest BCUT2D eigenvalue weighted by molar-refractivity contribution is -0.158. The molecule has 0 aromatic heterocycles. The van der Waals surface area contributed by atoms with E-state index in [4.69, 9.17) is 9.47 Å². The highest BCUT2D eigenvalue weighted by molar-refractivity contribution is 5.92. The number of hydrogen-bond donors (Lipinski definition) is 2. The molecule has 0 spiro atoms. The second kappa shape index (κ2) is 12.7. The van der Waals surface area contributed by atoms with E-state index in [0.717, 1.165) is 13.5 Å². The first-order valence-corrected chi connectivity index (χ1v) is 9.44. The normalized spacial score (nSPS) is 14.0. The molecule has 2 amide bonds. The Balaban J connectivity index is 5.25. The number of nitrogens with one attached hydrogen (secondary N) is 2. The van der Waals surface area contributed by atoms with Crippen LogP contribution < -0.4 is 10.6 Å². The lowest BCUT2D eigenvalue weighted by atomic mass is 9.96. The van der Waals surface area contributed by atoms with Gasteiger partial charge in [-0.15, -0.1) is 0 Å². The number of ether oxygens (including phenoxy) is 3. The van der Waals surface area contributed by atoms with Crippen LogP contribution in [0.4, 0.5) is 4.79 Å². The van der Waals surface area contributed by atoms with E-state index in [1.165, 1.54) is 6.92 Å².